The van der Waals surface area contributed by atoms with E-state index in [1.165, 1.54) is 29.4 Å². The summed E-state index contributed by atoms with van der Waals surface area (Å²) in [5.41, 5.74) is 1.36. The van der Waals surface area contributed by atoms with Gasteiger partial charge in [0.25, 0.3) is 5.91 Å². The third kappa shape index (κ3) is 3.60. The summed E-state index contributed by atoms with van der Waals surface area (Å²) in [5, 5.41) is 2.34. The highest BCUT2D eigenvalue weighted by molar-refractivity contribution is 7.99. The summed E-state index contributed by atoms with van der Waals surface area (Å²) in [6.45, 7) is 2.49. The van der Waals surface area contributed by atoms with Gasteiger partial charge in [-0.25, -0.2) is 5.01 Å². The molecule has 8 heteroatoms. The number of thioether (sulfide) groups is 1. The Bertz CT molecular complexity index is 854. The molecule has 7 nitrogen and oxygen atoms in total. The second kappa shape index (κ2) is 8.23. The smallest absolute Gasteiger partial charge is 0.273 e. The lowest BCUT2D eigenvalue weighted by Gasteiger charge is -2.35. The van der Waals surface area contributed by atoms with Crippen LogP contribution in [-0.4, -0.2) is 69.4 Å². The third-order valence-corrected chi connectivity index (χ3v) is 7.52. The molecule has 4 aliphatic rings. The Morgan fingerprint density at radius 1 is 0.967 bits per heavy atom. The topological polar surface area (TPSA) is 70.2 Å². The molecule has 1 aliphatic carbocycles. The molecule has 5 rings (SSSR count). The lowest BCUT2D eigenvalue weighted by molar-refractivity contribution is -0.163. The minimum atomic E-state index is -0.294. The molecule has 1 aromatic carbocycles. The first-order valence-corrected chi connectivity index (χ1v) is 12.1. The summed E-state index contributed by atoms with van der Waals surface area (Å²) in [7, 11) is 0. The number of piperidine rings is 1. The zero-order valence-electron chi connectivity index (χ0n) is 17.0. The monoisotopic (exact) mass is 429 g/mol. The summed E-state index contributed by atoms with van der Waals surface area (Å²) in [5.74, 6) is 2.27. The van der Waals surface area contributed by atoms with Crippen molar-refractivity contribution < 1.29 is 19.1 Å². The standard InChI is InChI=1S/C22H27N3O4S/c26-20-5-2-6-21(27)25(20)24-14-15-13-16(7-8-17(15)22(24)28)29-19-4-1-3-18(19)23-9-11-30-12-10-23/h7-8,13,18-19H,1-6,9-12,14H2/t18-,19-/m0/s1. The molecular weight excluding hydrogens is 402 g/mol. The van der Waals surface area contributed by atoms with Crippen LogP contribution in [-0.2, 0) is 16.1 Å². The molecule has 1 saturated carbocycles. The summed E-state index contributed by atoms with van der Waals surface area (Å²) in [6.07, 6.45) is 4.73. The van der Waals surface area contributed by atoms with Gasteiger partial charge in [0, 0.05) is 49.0 Å². The Morgan fingerprint density at radius 2 is 1.73 bits per heavy atom. The van der Waals surface area contributed by atoms with Gasteiger partial charge in [-0.3, -0.25) is 19.3 Å². The fourth-order valence-corrected chi connectivity index (χ4v) is 6.00. The lowest BCUT2D eigenvalue weighted by Crippen LogP contribution is -2.51. The first kappa shape index (κ1) is 19.9. The van der Waals surface area contributed by atoms with E-state index in [9.17, 15) is 14.4 Å². The molecule has 0 unspecified atom stereocenters. The van der Waals surface area contributed by atoms with Gasteiger partial charge < -0.3 is 4.74 Å². The molecule has 0 radical (unpaired) electrons. The van der Waals surface area contributed by atoms with Gasteiger partial charge in [-0.2, -0.15) is 16.8 Å². The van der Waals surface area contributed by atoms with E-state index in [-0.39, 0.29) is 30.4 Å². The normalized spacial score (nSPS) is 27.7. The minimum Gasteiger partial charge on any atom is -0.489 e. The first-order valence-electron chi connectivity index (χ1n) is 10.9. The van der Waals surface area contributed by atoms with E-state index < -0.39 is 0 Å². The summed E-state index contributed by atoms with van der Waals surface area (Å²) in [6, 6.07) is 5.99. The fourth-order valence-electron chi connectivity index (χ4n) is 5.07. The van der Waals surface area contributed by atoms with E-state index in [1.54, 1.807) is 6.07 Å². The molecule has 3 fully saturated rings. The van der Waals surface area contributed by atoms with E-state index in [1.807, 2.05) is 23.9 Å². The quantitative estimate of drug-likeness (QED) is 0.685. The van der Waals surface area contributed by atoms with Crippen molar-refractivity contribution in [3.63, 3.8) is 0 Å². The number of hydrogen-bond donors (Lipinski definition) is 0. The molecule has 3 amide bonds. The van der Waals surface area contributed by atoms with E-state index >= 15 is 0 Å². The van der Waals surface area contributed by atoms with Crippen molar-refractivity contribution in [2.24, 2.45) is 0 Å². The van der Waals surface area contributed by atoms with Gasteiger partial charge in [0.05, 0.1) is 6.54 Å². The van der Waals surface area contributed by atoms with Crippen molar-refractivity contribution in [1.29, 1.82) is 0 Å². The Kier molecular flexibility index (Phi) is 5.45. The lowest BCUT2D eigenvalue weighted by atomic mass is 10.1. The number of hydrogen-bond acceptors (Lipinski definition) is 6. The van der Waals surface area contributed by atoms with Gasteiger partial charge in [0.15, 0.2) is 0 Å². The van der Waals surface area contributed by atoms with Crippen LogP contribution in [0, 0.1) is 0 Å². The molecule has 1 aromatic rings. The highest BCUT2D eigenvalue weighted by Gasteiger charge is 2.40. The molecular formula is C22H27N3O4S. The number of ether oxygens (including phenoxy) is 1. The molecule has 3 heterocycles. The molecule has 0 spiro atoms. The van der Waals surface area contributed by atoms with Gasteiger partial charge in [-0.15, -0.1) is 0 Å². The van der Waals surface area contributed by atoms with Crippen LogP contribution in [0.1, 0.15) is 54.4 Å². The van der Waals surface area contributed by atoms with Crippen molar-refractivity contribution in [2.75, 3.05) is 24.6 Å². The number of carbonyl (C=O) groups excluding carboxylic acids is 3. The minimum absolute atomic E-state index is 0.171. The summed E-state index contributed by atoms with van der Waals surface area (Å²) in [4.78, 5) is 39.9. The Hall–Kier alpha value is -2.06. The number of imide groups is 1. The molecule has 0 aromatic heterocycles. The SMILES string of the molecule is O=C1c2ccc(O[C@H]3CCC[C@@H]3N3CCSCC3)cc2CN1N1C(=O)CCCC1=O. The number of fused-ring (bicyclic) bond motifs is 1. The van der Waals surface area contributed by atoms with Crippen molar-refractivity contribution in [3.05, 3.63) is 29.3 Å². The summed E-state index contributed by atoms with van der Waals surface area (Å²) < 4.78 is 6.40. The maximum atomic E-state index is 12.8. The maximum Gasteiger partial charge on any atom is 0.273 e. The summed E-state index contributed by atoms with van der Waals surface area (Å²) >= 11 is 2.02. The van der Waals surface area contributed by atoms with E-state index in [4.69, 9.17) is 4.74 Å². The number of nitrogens with zero attached hydrogens (tertiary/aromatic N) is 3. The van der Waals surface area contributed by atoms with Crippen molar-refractivity contribution in [2.45, 2.75) is 57.2 Å². The maximum absolute atomic E-state index is 12.8. The van der Waals surface area contributed by atoms with Gasteiger partial charge in [0.2, 0.25) is 11.8 Å². The fraction of sp³-hybridized carbons (Fsp3) is 0.591. The highest BCUT2D eigenvalue weighted by Crippen LogP contribution is 2.33. The van der Waals surface area contributed by atoms with Crippen molar-refractivity contribution >= 4 is 29.5 Å². The zero-order chi connectivity index (χ0) is 20.7. The van der Waals surface area contributed by atoms with Crippen LogP contribution in [0.25, 0.3) is 0 Å². The van der Waals surface area contributed by atoms with Crippen LogP contribution in [0.4, 0.5) is 0 Å². The number of rotatable bonds is 4. The number of amides is 3. The average Bonchev–Trinajstić information content (AvgIpc) is 3.33. The molecule has 2 saturated heterocycles. The molecule has 3 aliphatic heterocycles. The van der Waals surface area contributed by atoms with Crippen LogP contribution in [0.2, 0.25) is 0 Å². The number of hydrazine groups is 1. The molecule has 0 bridgehead atoms. The van der Waals surface area contributed by atoms with Crippen molar-refractivity contribution in [1.82, 2.24) is 14.9 Å². The molecule has 160 valence electrons. The van der Waals surface area contributed by atoms with Gasteiger partial charge in [-0.05, 0) is 49.4 Å². The zero-order valence-corrected chi connectivity index (χ0v) is 17.9. The largest absolute Gasteiger partial charge is 0.489 e. The highest BCUT2D eigenvalue weighted by atomic mass is 32.2. The van der Waals surface area contributed by atoms with Crippen molar-refractivity contribution in [3.8, 4) is 5.75 Å². The Morgan fingerprint density at radius 3 is 2.50 bits per heavy atom. The van der Waals surface area contributed by atoms with Gasteiger partial charge in [-0.1, -0.05) is 0 Å². The second-order valence-electron chi connectivity index (χ2n) is 8.44. The predicted molar refractivity (Wildman–Crippen MR) is 113 cm³/mol. The Labute approximate surface area is 180 Å². The van der Waals surface area contributed by atoms with E-state index in [2.05, 4.69) is 4.90 Å². The van der Waals surface area contributed by atoms with Crippen LogP contribution in [0.3, 0.4) is 0 Å². The van der Waals surface area contributed by atoms with E-state index in [0.717, 1.165) is 35.8 Å². The first-order chi connectivity index (χ1) is 14.6. The third-order valence-electron chi connectivity index (χ3n) is 6.58. The van der Waals surface area contributed by atoms with Gasteiger partial charge >= 0.3 is 0 Å². The molecule has 30 heavy (non-hydrogen) atoms. The number of carbonyl (C=O) groups is 3. The van der Waals surface area contributed by atoms with Crippen LogP contribution in [0.5, 0.6) is 5.75 Å². The molecule has 0 N–H and O–H groups in total. The second-order valence-corrected chi connectivity index (χ2v) is 9.66. The van der Waals surface area contributed by atoms with Crippen LogP contribution in [0.15, 0.2) is 18.2 Å². The number of benzene rings is 1. The van der Waals surface area contributed by atoms with E-state index in [0.29, 0.717) is 30.9 Å². The van der Waals surface area contributed by atoms with Gasteiger partial charge in [0.1, 0.15) is 11.9 Å². The average molecular weight is 430 g/mol. The van der Waals surface area contributed by atoms with Crippen LogP contribution >= 0.6 is 11.8 Å². The van der Waals surface area contributed by atoms with Crippen LogP contribution < -0.4 is 4.74 Å². The Balaban J connectivity index is 1.31. The predicted octanol–water partition coefficient (Wildman–Crippen LogP) is 2.45. The molecule has 2 atom stereocenters.